The highest BCUT2D eigenvalue weighted by Gasteiger charge is 2.32. The molecule has 1 saturated carbocycles. The highest BCUT2D eigenvalue weighted by molar-refractivity contribution is 5.68. The lowest BCUT2D eigenvalue weighted by molar-refractivity contribution is 0.0455. The standard InChI is InChI=1S/C29H40N10O2/c1-20-15-31-27(34-23-8-6-22(7-9-23)33-21(2)16-41-17-28-36-38-39-37-28)14-24(20)25-4-3-5-26(35-25)32-19-29(18-30)10-12-40-13-11-29/h3-5,14-15,21-23,33H,6-13,16-17,19H2,1-2H3,(H,31,34)(H,32,35)(H,36,37,38,39)/t21-,22-,23-/m0/s1. The molecule has 2 aliphatic rings. The van der Waals surface area contributed by atoms with E-state index in [1.54, 1.807) is 0 Å². The summed E-state index contributed by atoms with van der Waals surface area (Å²) in [5.41, 5.74) is 2.61. The summed E-state index contributed by atoms with van der Waals surface area (Å²) in [6.45, 7) is 6.98. The predicted molar refractivity (Wildman–Crippen MR) is 155 cm³/mol. The molecule has 41 heavy (non-hydrogen) atoms. The molecule has 3 aromatic heterocycles. The summed E-state index contributed by atoms with van der Waals surface area (Å²) in [5, 5.41) is 34.3. The largest absolute Gasteiger partial charge is 0.381 e. The molecule has 4 heterocycles. The van der Waals surface area contributed by atoms with E-state index >= 15 is 0 Å². The number of aryl methyl sites for hydroxylation is 1. The highest BCUT2D eigenvalue weighted by Crippen LogP contribution is 2.31. The van der Waals surface area contributed by atoms with Crippen molar-refractivity contribution in [3.05, 3.63) is 41.9 Å². The summed E-state index contributed by atoms with van der Waals surface area (Å²) in [4.78, 5) is 9.55. The van der Waals surface area contributed by atoms with Gasteiger partial charge in [0, 0.05) is 49.6 Å². The van der Waals surface area contributed by atoms with Gasteiger partial charge in [0.25, 0.3) is 0 Å². The second kappa shape index (κ2) is 13.8. The van der Waals surface area contributed by atoms with Crippen molar-refractivity contribution in [2.75, 3.05) is 37.0 Å². The molecule has 1 saturated heterocycles. The second-order valence-corrected chi connectivity index (χ2v) is 11.3. The van der Waals surface area contributed by atoms with Gasteiger partial charge in [0.1, 0.15) is 18.2 Å². The molecule has 0 bridgehead atoms. The zero-order chi connectivity index (χ0) is 28.5. The minimum atomic E-state index is -0.407. The number of nitriles is 1. The molecule has 12 nitrogen and oxygen atoms in total. The fourth-order valence-corrected chi connectivity index (χ4v) is 5.55. The first-order valence-electron chi connectivity index (χ1n) is 14.5. The van der Waals surface area contributed by atoms with E-state index in [1.807, 2.05) is 24.4 Å². The van der Waals surface area contributed by atoms with Gasteiger partial charge < -0.3 is 25.4 Å². The number of aromatic nitrogens is 6. The zero-order valence-corrected chi connectivity index (χ0v) is 23.9. The van der Waals surface area contributed by atoms with Crippen LogP contribution in [0.4, 0.5) is 11.6 Å². The first-order chi connectivity index (χ1) is 20.0. The van der Waals surface area contributed by atoms with Crippen molar-refractivity contribution in [1.82, 2.24) is 35.9 Å². The van der Waals surface area contributed by atoms with Crippen molar-refractivity contribution < 1.29 is 9.47 Å². The van der Waals surface area contributed by atoms with Crippen LogP contribution < -0.4 is 16.0 Å². The average Bonchev–Trinajstić information content (AvgIpc) is 3.52. The van der Waals surface area contributed by atoms with Gasteiger partial charge in [0.2, 0.25) is 0 Å². The van der Waals surface area contributed by atoms with Gasteiger partial charge in [0.15, 0.2) is 5.82 Å². The Balaban J connectivity index is 1.11. The number of ether oxygens (including phenoxy) is 2. The van der Waals surface area contributed by atoms with E-state index in [9.17, 15) is 5.26 Å². The van der Waals surface area contributed by atoms with Gasteiger partial charge in [-0.1, -0.05) is 11.3 Å². The summed E-state index contributed by atoms with van der Waals surface area (Å²) in [7, 11) is 0. The van der Waals surface area contributed by atoms with Gasteiger partial charge >= 0.3 is 0 Å². The van der Waals surface area contributed by atoms with Crippen LogP contribution in [0.1, 0.15) is 56.8 Å². The maximum absolute atomic E-state index is 9.77. The van der Waals surface area contributed by atoms with Crippen LogP contribution in [0, 0.1) is 23.7 Å². The molecule has 3 aromatic rings. The highest BCUT2D eigenvalue weighted by atomic mass is 16.5. The number of nitrogens with one attached hydrogen (secondary N) is 4. The predicted octanol–water partition coefficient (Wildman–Crippen LogP) is 3.62. The number of H-pyrrole nitrogens is 1. The van der Waals surface area contributed by atoms with Gasteiger partial charge in [-0.15, -0.1) is 10.2 Å². The van der Waals surface area contributed by atoms with E-state index in [1.165, 1.54) is 0 Å². The monoisotopic (exact) mass is 560 g/mol. The third kappa shape index (κ3) is 7.97. The van der Waals surface area contributed by atoms with Crippen molar-refractivity contribution in [1.29, 1.82) is 5.26 Å². The molecular formula is C29H40N10O2. The van der Waals surface area contributed by atoms with Crippen LogP contribution >= 0.6 is 0 Å². The minimum absolute atomic E-state index is 0.248. The van der Waals surface area contributed by atoms with E-state index in [0.29, 0.717) is 50.9 Å². The van der Waals surface area contributed by atoms with Crippen LogP contribution in [-0.4, -0.2) is 75.1 Å². The van der Waals surface area contributed by atoms with Crippen LogP contribution in [0.5, 0.6) is 0 Å². The number of tetrazole rings is 1. The number of pyridine rings is 2. The molecule has 1 aliphatic carbocycles. The Labute approximate surface area is 241 Å². The van der Waals surface area contributed by atoms with E-state index in [0.717, 1.165) is 67.0 Å². The normalized spacial score (nSPS) is 21.1. The maximum Gasteiger partial charge on any atom is 0.200 e. The molecule has 0 spiro atoms. The third-order valence-electron chi connectivity index (χ3n) is 8.01. The number of hydrogen-bond acceptors (Lipinski definition) is 11. The molecular weight excluding hydrogens is 520 g/mol. The molecule has 5 rings (SSSR count). The summed E-state index contributed by atoms with van der Waals surface area (Å²) >= 11 is 0. The Kier molecular flexibility index (Phi) is 9.71. The minimum Gasteiger partial charge on any atom is -0.381 e. The molecule has 12 heteroatoms. The molecule has 218 valence electrons. The first kappa shape index (κ1) is 28.9. The number of aromatic amines is 1. The molecule has 4 N–H and O–H groups in total. The molecule has 0 aromatic carbocycles. The first-order valence-corrected chi connectivity index (χ1v) is 14.5. The zero-order valence-electron chi connectivity index (χ0n) is 23.9. The van der Waals surface area contributed by atoms with E-state index < -0.39 is 5.41 Å². The van der Waals surface area contributed by atoms with E-state index in [2.05, 4.69) is 67.5 Å². The molecule has 1 aliphatic heterocycles. The SMILES string of the molecule is Cc1cnc(N[C@H]2CC[C@H](N[C@@H](C)COCc3nn[nH]n3)CC2)cc1-c1cccc(NCC2(C#N)CCOCC2)n1. The average molecular weight is 561 g/mol. The Morgan fingerprint density at radius 1 is 1.17 bits per heavy atom. The van der Waals surface area contributed by atoms with Crippen molar-refractivity contribution in [3.8, 4) is 17.3 Å². The Morgan fingerprint density at radius 3 is 2.73 bits per heavy atom. The Morgan fingerprint density at radius 2 is 1.98 bits per heavy atom. The van der Waals surface area contributed by atoms with Crippen LogP contribution in [0.3, 0.4) is 0 Å². The van der Waals surface area contributed by atoms with E-state index in [4.69, 9.17) is 14.5 Å². The number of anilines is 2. The number of rotatable bonds is 12. The Hall–Kier alpha value is -3.66. The van der Waals surface area contributed by atoms with Crippen molar-refractivity contribution in [3.63, 3.8) is 0 Å². The van der Waals surface area contributed by atoms with Crippen molar-refractivity contribution in [2.24, 2.45) is 5.41 Å². The summed E-state index contributed by atoms with van der Waals surface area (Å²) < 4.78 is 11.2. The number of nitrogens with zero attached hydrogens (tertiary/aromatic N) is 6. The maximum atomic E-state index is 9.77. The molecule has 1 atom stereocenters. The fourth-order valence-electron chi connectivity index (χ4n) is 5.55. The quantitative estimate of drug-likeness (QED) is 0.256. The molecule has 0 unspecified atom stereocenters. The van der Waals surface area contributed by atoms with Crippen LogP contribution in [0.2, 0.25) is 0 Å². The lowest BCUT2D eigenvalue weighted by Crippen LogP contribution is -2.43. The second-order valence-electron chi connectivity index (χ2n) is 11.3. The summed E-state index contributed by atoms with van der Waals surface area (Å²) in [5.74, 6) is 2.21. The fraction of sp³-hybridized carbons (Fsp3) is 0.586. The van der Waals surface area contributed by atoms with Gasteiger partial charge in [-0.3, -0.25) is 0 Å². The number of hydrogen-bond donors (Lipinski definition) is 4. The van der Waals surface area contributed by atoms with Crippen molar-refractivity contribution >= 4 is 11.6 Å². The summed E-state index contributed by atoms with van der Waals surface area (Å²) in [6.07, 6.45) is 7.72. The smallest absolute Gasteiger partial charge is 0.200 e. The van der Waals surface area contributed by atoms with Crippen LogP contribution in [0.25, 0.3) is 11.3 Å². The summed E-state index contributed by atoms with van der Waals surface area (Å²) in [6, 6.07) is 11.7. The lowest BCUT2D eigenvalue weighted by atomic mass is 9.82. The Bertz CT molecular complexity index is 1280. The van der Waals surface area contributed by atoms with E-state index in [-0.39, 0.29) is 6.04 Å². The molecule has 0 amide bonds. The van der Waals surface area contributed by atoms with Gasteiger partial charge in [-0.05, 0) is 76.1 Å². The van der Waals surface area contributed by atoms with Gasteiger partial charge in [-0.2, -0.15) is 10.5 Å². The lowest BCUT2D eigenvalue weighted by Gasteiger charge is -2.32. The molecule has 2 fully saturated rings. The van der Waals surface area contributed by atoms with Crippen LogP contribution in [0.15, 0.2) is 30.5 Å². The molecule has 0 radical (unpaired) electrons. The van der Waals surface area contributed by atoms with Crippen molar-refractivity contribution in [2.45, 2.75) is 77.1 Å². The topological polar surface area (TPSA) is 159 Å². The van der Waals surface area contributed by atoms with Gasteiger partial charge in [0.05, 0.1) is 23.8 Å². The third-order valence-corrected chi connectivity index (χ3v) is 8.01. The van der Waals surface area contributed by atoms with Gasteiger partial charge in [-0.25, -0.2) is 9.97 Å². The van der Waals surface area contributed by atoms with Crippen LogP contribution in [-0.2, 0) is 16.1 Å².